The Bertz CT molecular complexity index is 438. The first-order chi connectivity index (χ1) is 9.57. The molecule has 0 radical (unpaired) electrons. The second-order valence-corrected chi connectivity index (χ2v) is 6.27. The molecule has 1 saturated carbocycles. The van der Waals surface area contributed by atoms with E-state index in [0.29, 0.717) is 0 Å². The summed E-state index contributed by atoms with van der Waals surface area (Å²) < 4.78 is 7.97. The number of nitrogens with zero attached hydrogens (tertiary/aromatic N) is 2. The van der Waals surface area contributed by atoms with Gasteiger partial charge in [-0.1, -0.05) is 18.5 Å². The zero-order valence-electron chi connectivity index (χ0n) is 12.9. The lowest BCUT2D eigenvalue weighted by Gasteiger charge is -2.44. The largest absolute Gasteiger partial charge is 0.376 e. The Balaban J connectivity index is 2.36. The number of hydrogen-bond donors (Lipinski definition) is 1. The molecule has 1 heterocycles. The molecular weight excluding hydrogens is 274 g/mol. The molecule has 1 aliphatic carbocycles. The van der Waals surface area contributed by atoms with Crippen molar-refractivity contribution in [2.45, 2.75) is 57.7 Å². The molecule has 0 spiro atoms. The van der Waals surface area contributed by atoms with Crippen molar-refractivity contribution in [1.82, 2.24) is 15.1 Å². The van der Waals surface area contributed by atoms with Gasteiger partial charge >= 0.3 is 0 Å². The van der Waals surface area contributed by atoms with Gasteiger partial charge in [0.25, 0.3) is 0 Å². The molecule has 1 aromatic heterocycles. The number of methoxy groups -OCH3 is 1. The van der Waals surface area contributed by atoms with E-state index in [1.165, 1.54) is 12.8 Å². The molecule has 5 heteroatoms. The van der Waals surface area contributed by atoms with Crippen molar-refractivity contribution in [3.8, 4) is 0 Å². The van der Waals surface area contributed by atoms with Crippen LogP contribution in [0.5, 0.6) is 0 Å². The van der Waals surface area contributed by atoms with E-state index >= 15 is 0 Å². The number of likely N-dealkylation sites (N-methyl/N-ethyl adjacent to an activating group) is 1. The standard InChI is InChI=1S/C15H26ClN3O/c1-5-19-13(12(16)10-18-19)14(17-3)15(20-4)8-6-11(2)7-9-15/h10-11,14,17H,5-9H2,1-4H3. The van der Waals surface area contributed by atoms with Gasteiger partial charge in [-0.05, 0) is 45.6 Å². The monoisotopic (exact) mass is 299 g/mol. The van der Waals surface area contributed by atoms with Crippen LogP contribution in [0.1, 0.15) is 51.3 Å². The first kappa shape index (κ1) is 15.8. The average molecular weight is 300 g/mol. The van der Waals surface area contributed by atoms with E-state index in [2.05, 4.69) is 24.3 Å². The lowest BCUT2D eigenvalue weighted by molar-refractivity contribution is -0.0762. The van der Waals surface area contributed by atoms with Gasteiger partial charge in [0.2, 0.25) is 0 Å². The molecule has 4 nitrogen and oxygen atoms in total. The van der Waals surface area contributed by atoms with E-state index in [1.54, 1.807) is 6.20 Å². The van der Waals surface area contributed by atoms with Crippen LogP contribution in [0.25, 0.3) is 0 Å². The van der Waals surface area contributed by atoms with Crippen LogP contribution in [0.4, 0.5) is 0 Å². The van der Waals surface area contributed by atoms with Crippen LogP contribution in [-0.2, 0) is 11.3 Å². The predicted octanol–water partition coefficient (Wildman–Crippen LogP) is 3.41. The molecule has 1 aromatic rings. The Morgan fingerprint density at radius 1 is 1.55 bits per heavy atom. The van der Waals surface area contributed by atoms with Crippen molar-refractivity contribution in [2.24, 2.45) is 5.92 Å². The quantitative estimate of drug-likeness (QED) is 0.905. The van der Waals surface area contributed by atoms with Crippen LogP contribution in [0.3, 0.4) is 0 Å². The summed E-state index contributed by atoms with van der Waals surface area (Å²) in [5, 5.41) is 8.52. The van der Waals surface area contributed by atoms with E-state index in [4.69, 9.17) is 16.3 Å². The molecule has 2 rings (SSSR count). The Morgan fingerprint density at radius 3 is 2.70 bits per heavy atom. The Labute approximate surface area is 126 Å². The highest BCUT2D eigenvalue weighted by Crippen LogP contribution is 2.44. The van der Waals surface area contributed by atoms with Gasteiger partial charge in [0.15, 0.2) is 0 Å². The normalized spacial score (nSPS) is 28.6. The van der Waals surface area contributed by atoms with Gasteiger partial charge < -0.3 is 10.1 Å². The van der Waals surface area contributed by atoms with Crippen molar-refractivity contribution in [3.63, 3.8) is 0 Å². The minimum atomic E-state index is -0.183. The van der Waals surface area contributed by atoms with Gasteiger partial charge in [0.1, 0.15) is 0 Å². The molecule has 1 unspecified atom stereocenters. The van der Waals surface area contributed by atoms with Crippen LogP contribution in [-0.4, -0.2) is 29.5 Å². The fourth-order valence-electron chi connectivity index (χ4n) is 3.42. The summed E-state index contributed by atoms with van der Waals surface area (Å²) in [7, 11) is 3.80. The van der Waals surface area contributed by atoms with Gasteiger partial charge in [0, 0.05) is 13.7 Å². The molecule has 1 atom stereocenters. The number of aryl methyl sites for hydroxylation is 1. The maximum absolute atomic E-state index is 6.39. The van der Waals surface area contributed by atoms with Crippen LogP contribution >= 0.6 is 11.6 Å². The first-order valence-corrected chi connectivity index (χ1v) is 7.89. The second-order valence-electron chi connectivity index (χ2n) is 5.87. The number of halogens is 1. The minimum absolute atomic E-state index is 0.0787. The maximum Gasteiger partial charge on any atom is 0.0888 e. The molecule has 1 fully saturated rings. The third-order valence-corrected chi connectivity index (χ3v) is 5.04. The lowest BCUT2D eigenvalue weighted by Crippen LogP contribution is -2.47. The van der Waals surface area contributed by atoms with Crippen molar-refractivity contribution in [2.75, 3.05) is 14.2 Å². The number of hydrogen-bond acceptors (Lipinski definition) is 3. The Morgan fingerprint density at radius 2 is 2.20 bits per heavy atom. The van der Waals surface area contributed by atoms with E-state index in [0.717, 1.165) is 36.0 Å². The summed E-state index contributed by atoms with van der Waals surface area (Å²) in [4.78, 5) is 0. The highest BCUT2D eigenvalue weighted by Gasteiger charge is 2.43. The first-order valence-electron chi connectivity index (χ1n) is 7.51. The summed E-state index contributed by atoms with van der Waals surface area (Å²) >= 11 is 6.39. The lowest BCUT2D eigenvalue weighted by atomic mass is 9.74. The van der Waals surface area contributed by atoms with Crippen LogP contribution in [0.15, 0.2) is 6.20 Å². The van der Waals surface area contributed by atoms with Gasteiger partial charge in [-0.2, -0.15) is 5.10 Å². The number of nitrogens with one attached hydrogen (secondary N) is 1. The van der Waals surface area contributed by atoms with Crippen molar-refractivity contribution >= 4 is 11.6 Å². The fraction of sp³-hybridized carbons (Fsp3) is 0.800. The molecule has 20 heavy (non-hydrogen) atoms. The van der Waals surface area contributed by atoms with Crippen LogP contribution < -0.4 is 5.32 Å². The Kier molecular flexibility index (Phi) is 5.10. The molecule has 1 aliphatic rings. The number of rotatable bonds is 5. The summed E-state index contributed by atoms with van der Waals surface area (Å²) in [5.41, 5.74) is 0.866. The Hall–Kier alpha value is -0.580. The summed E-state index contributed by atoms with van der Waals surface area (Å²) in [6, 6.07) is 0.0787. The zero-order chi connectivity index (χ0) is 14.8. The topological polar surface area (TPSA) is 39.1 Å². The minimum Gasteiger partial charge on any atom is -0.376 e. The summed E-state index contributed by atoms with van der Waals surface area (Å²) in [6.45, 7) is 5.22. The molecule has 0 bridgehead atoms. The van der Waals surface area contributed by atoms with Crippen LogP contribution in [0, 0.1) is 5.92 Å². The van der Waals surface area contributed by atoms with Gasteiger partial charge in [0.05, 0.1) is 28.6 Å². The van der Waals surface area contributed by atoms with Crippen LogP contribution in [0.2, 0.25) is 5.02 Å². The average Bonchev–Trinajstić information content (AvgIpc) is 2.83. The van der Waals surface area contributed by atoms with Gasteiger partial charge in [-0.25, -0.2) is 0 Å². The molecule has 0 amide bonds. The van der Waals surface area contributed by atoms with Crippen molar-refractivity contribution in [3.05, 3.63) is 16.9 Å². The van der Waals surface area contributed by atoms with E-state index in [9.17, 15) is 0 Å². The third kappa shape index (κ3) is 2.74. The maximum atomic E-state index is 6.39. The molecule has 0 aromatic carbocycles. The van der Waals surface area contributed by atoms with E-state index in [1.807, 2.05) is 18.8 Å². The molecule has 114 valence electrons. The number of aromatic nitrogens is 2. The second kappa shape index (κ2) is 6.46. The van der Waals surface area contributed by atoms with E-state index in [-0.39, 0.29) is 11.6 Å². The predicted molar refractivity (Wildman–Crippen MR) is 82.1 cm³/mol. The molecule has 0 aliphatic heterocycles. The number of ether oxygens (including phenoxy) is 1. The summed E-state index contributed by atoms with van der Waals surface area (Å²) in [5.74, 6) is 0.780. The van der Waals surface area contributed by atoms with Gasteiger partial charge in [-0.3, -0.25) is 4.68 Å². The third-order valence-electron chi connectivity index (χ3n) is 4.75. The molecule has 0 saturated heterocycles. The SMILES string of the molecule is CCn1ncc(Cl)c1C(NC)C1(OC)CCC(C)CC1. The van der Waals surface area contributed by atoms with Gasteiger partial charge in [-0.15, -0.1) is 0 Å². The fourth-order valence-corrected chi connectivity index (χ4v) is 3.67. The molecule has 1 N–H and O–H groups in total. The highest BCUT2D eigenvalue weighted by molar-refractivity contribution is 6.31. The van der Waals surface area contributed by atoms with Crippen molar-refractivity contribution in [1.29, 1.82) is 0 Å². The van der Waals surface area contributed by atoms with Crippen molar-refractivity contribution < 1.29 is 4.74 Å². The molecular formula is C15H26ClN3O. The zero-order valence-corrected chi connectivity index (χ0v) is 13.7. The van der Waals surface area contributed by atoms with E-state index < -0.39 is 0 Å². The summed E-state index contributed by atoms with van der Waals surface area (Å²) in [6.07, 6.45) is 6.25. The smallest absolute Gasteiger partial charge is 0.0888 e. The highest BCUT2D eigenvalue weighted by atomic mass is 35.5.